The standard InChI is InChI=1S/C24H21ClN2O4S/c1-4-31-23(29)20-14(2)26-24-27(21(20)16-10-6-8-12-18(16)30-3)22(28)19(32-24)13-15-9-5-7-11-17(15)25/h5-13,21H,4H2,1-3H3/b19-13+. The van der Waals surface area contributed by atoms with E-state index in [9.17, 15) is 9.59 Å². The summed E-state index contributed by atoms with van der Waals surface area (Å²) in [5.74, 6) is 0.0553. The third kappa shape index (κ3) is 3.89. The van der Waals surface area contributed by atoms with Crippen molar-refractivity contribution in [2.24, 2.45) is 4.99 Å². The number of hydrogen-bond donors (Lipinski definition) is 0. The molecule has 1 aromatic heterocycles. The molecule has 0 N–H and O–H groups in total. The summed E-state index contributed by atoms with van der Waals surface area (Å²) in [6, 6.07) is 13.9. The van der Waals surface area contributed by atoms with Gasteiger partial charge in [0.2, 0.25) is 0 Å². The number of carbonyl (C=O) groups is 1. The van der Waals surface area contributed by atoms with Crippen molar-refractivity contribution >= 4 is 35.0 Å². The number of carbonyl (C=O) groups excluding carboxylic acids is 1. The number of allylic oxidation sites excluding steroid dienone is 1. The SMILES string of the molecule is CCOC(=O)C1=C(C)N=c2s/c(=C/c3ccccc3Cl)c(=O)n2C1c1ccccc1OC. The second-order valence-corrected chi connectivity index (χ2v) is 8.48. The Morgan fingerprint density at radius 2 is 1.94 bits per heavy atom. The number of rotatable bonds is 5. The minimum atomic E-state index is -0.727. The van der Waals surface area contributed by atoms with E-state index in [1.54, 1.807) is 39.2 Å². The molecule has 0 radical (unpaired) electrons. The number of fused-ring (bicyclic) bond motifs is 1. The Kier molecular flexibility index (Phi) is 6.30. The molecular formula is C24H21ClN2O4S. The van der Waals surface area contributed by atoms with E-state index in [1.165, 1.54) is 15.9 Å². The highest BCUT2D eigenvalue weighted by Crippen LogP contribution is 2.35. The quantitative estimate of drug-likeness (QED) is 0.538. The van der Waals surface area contributed by atoms with Crippen LogP contribution >= 0.6 is 22.9 Å². The van der Waals surface area contributed by atoms with E-state index in [-0.39, 0.29) is 12.2 Å². The van der Waals surface area contributed by atoms with E-state index >= 15 is 0 Å². The highest BCUT2D eigenvalue weighted by Gasteiger charge is 2.34. The van der Waals surface area contributed by atoms with Gasteiger partial charge in [0.15, 0.2) is 4.80 Å². The third-order valence-corrected chi connectivity index (χ3v) is 6.47. The van der Waals surface area contributed by atoms with Gasteiger partial charge in [0.25, 0.3) is 5.56 Å². The number of benzene rings is 2. The van der Waals surface area contributed by atoms with Gasteiger partial charge in [-0.15, -0.1) is 0 Å². The van der Waals surface area contributed by atoms with Crippen molar-refractivity contribution in [2.75, 3.05) is 13.7 Å². The molecule has 164 valence electrons. The molecule has 0 saturated carbocycles. The van der Waals surface area contributed by atoms with Gasteiger partial charge in [0, 0.05) is 10.6 Å². The topological polar surface area (TPSA) is 69.9 Å². The number of nitrogens with zero attached hydrogens (tertiary/aromatic N) is 2. The lowest BCUT2D eigenvalue weighted by Crippen LogP contribution is -2.40. The lowest BCUT2D eigenvalue weighted by Gasteiger charge is -2.25. The van der Waals surface area contributed by atoms with E-state index in [2.05, 4.69) is 4.99 Å². The Bertz CT molecular complexity index is 1400. The van der Waals surface area contributed by atoms with Crippen LogP contribution in [0.1, 0.15) is 31.0 Å². The van der Waals surface area contributed by atoms with Crippen LogP contribution in [-0.2, 0) is 9.53 Å². The van der Waals surface area contributed by atoms with Crippen molar-refractivity contribution in [1.82, 2.24) is 4.57 Å². The van der Waals surface area contributed by atoms with Crippen LogP contribution in [-0.4, -0.2) is 24.3 Å². The van der Waals surface area contributed by atoms with Crippen LogP contribution in [0.25, 0.3) is 6.08 Å². The largest absolute Gasteiger partial charge is 0.496 e. The maximum atomic E-state index is 13.6. The minimum absolute atomic E-state index is 0.213. The first-order chi connectivity index (χ1) is 15.5. The van der Waals surface area contributed by atoms with Crippen LogP contribution in [0.15, 0.2) is 69.6 Å². The fraction of sp³-hybridized carbons (Fsp3) is 0.208. The van der Waals surface area contributed by atoms with Crippen LogP contribution in [0, 0.1) is 0 Å². The van der Waals surface area contributed by atoms with Crippen molar-refractivity contribution in [3.63, 3.8) is 0 Å². The second-order valence-electron chi connectivity index (χ2n) is 7.07. The average Bonchev–Trinajstić information content (AvgIpc) is 3.09. The fourth-order valence-corrected chi connectivity index (χ4v) is 4.94. The van der Waals surface area contributed by atoms with E-state index in [0.29, 0.717) is 36.9 Å². The zero-order valence-electron chi connectivity index (χ0n) is 17.8. The van der Waals surface area contributed by atoms with Gasteiger partial charge >= 0.3 is 5.97 Å². The predicted octanol–water partition coefficient (Wildman–Crippen LogP) is 3.46. The maximum Gasteiger partial charge on any atom is 0.338 e. The normalized spacial score (nSPS) is 15.9. The number of thiazole rings is 1. The van der Waals surface area contributed by atoms with Crippen LogP contribution in [0.3, 0.4) is 0 Å². The molecule has 8 heteroatoms. The average molecular weight is 469 g/mol. The predicted molar refractivity (Wildman–Crippen MR) is 125 cm³/mol. The first-order valence-electron chi connectivity index (χ1n) is 10.0. The van der Waals surface area contributed by atoms with Gasteiger partial charge in [-0.05, 0) is 37.6 Å². The zero-order valence-corrected chi connectivity index (χ0v) is 19.4. The molecule has 2 heterocycles. The summed E-state index contributed by atoms with van der Waals surface area (Å²) in [6.07, 6.45) is 1.74. The molecule has 32 heavy (non-hydrogen) atoms. The Morgan fingerprint density at radius 1 is 1.22 bits per heavy atom. The smallest absolute Gasteiger partial charge is 0.338 e. The summed E-state index contributed by atoms with van der Waals surface area (Å²) in [5.41, 5.74) is 1.96. The summed E-state index contributed by atoms with van der Waals surface area (Å²) < 4.78 is 12.9. The maximum absolute atomic E-state index is 13.6. The highest BCUT2D eigenvalue weighted by molar-refractivity contribution is 7.07. The Morgan fingerprint density at radius 3 is 2.66 bits per heavy atom. The molecule has 3 aromatic rings. The van der Waals surface area contributed by atoms with Crippen LogP contribution < -0.4 is 19.6 Å². The lowest BCUT2D eigenvalue weighted by atomic mass is 9.95. The first-order valence-corrected chi connectivity index (χ1v) is 11.2. The number of methoxy groups -OCH3 is 1. The van der Waals surface area contributed by atoms with Gasteiger partial charge in [0.1, 0.15) is 11.8 Å². The van der Waals surface area contributed by atoms with Gasteiger partial charge in [0.05, 0.1) is 29.5 Å². The monoisotopic (exact) mass is 468 g/mol. The highest BCUT2D eigenvalue weighted by atomic mass is 35.5. The Labute approximate surface area is 193 Å². The summed E-state index contributed by atoms with van der Waals surface area (Å²) in [6.45, 7) is 3.70. The summed E-state index contributed by atoms with van der Waals surface area (Å²) in [7, 11) is 1.56. The van der Waals surface area contributed by atoms with E-state index in [0.717, 1.165) is 5.56 Å². The second kappa shape index (κ2) is 9.14. The van der Waals surface area contributed by atoms with Gasteiger partial charge in [-0.3, -0.25) is 9.36 Å². The fourth-order valence-electron chi connectivity index (χ4n) is 3.71. The molecule has 2 aromatic carbocycles. The molecule has 0 aliphatic carbocycles. The molecule has 4 rings (SSSR count). The molecule has 0 amide bonds. The number of para-hydroxylation sites is 1. The molecule has 0 saturated heterocycles. The third-order valence-electron chi connectivity index (χ3n) is 5.14. The van der Waals surface area contributed by atoms with Crippen LogP contribution in [0.4, 0.5) is 0 Å². The summed E-state index contributed by atoms with van der Waals surface area (Å²) in [5, 5.41) is 0.544. The molecule has 6 nitrogen and oxygen atoms in total. The van der Waals surface area contributed by atoms with Crippen molar-refractivity contribution in [1.29, 1.82) is 0 Å². The molecule has 1 aliphatic heterocycles. The number of esters is 1. The molecule has 0 fully saturated rings. The number of aromatic nitrogens is 1. The lowest BCUT2D eigenvalue weighted by molar-refractivity contribution is -0.139. The molecule has 1 unspecified atom stereocenters. The van der Waals surface area contributed by atoms with Crippen molar-refractivity contribution in [3.8, 4) is 5.75 Å². The molecule has 1 atom stereocenters. The first kappa shape index (κ1) is 22.0. The van der Waals surface area contributed by atoms with Gasteiger partial charge in [-0.2, -0.15) is 0 Å². The van der Waals surface area contributed by atoms with Crippen molar-refractivity contribution in [3.05, 3.63) is 95.6 Å². The molecule has 1 aliphatic rings. The number of ether oxygens (including phenoxy) is 2. The number of halogens is 1. The van der Waals surface area contributed by atoms with E-state index < -0.39 is 12.0 Å². The van der Waals surface area contributed by atoms with Gasteiger partial charge in [-0.1, -0.05) is 59.3 Å². The molecule has 0 spiro atoms. The number of hydrogen-bond acceptors (Lipinski definition) is 6. The van der Waals surface area contributed by atoms with Gasteiger partial charge in [-0.25, -0.2) is 9.79 Å². The van der Waals surface area contributed by atoms with E-state index in [4.69, 9.17) is 21.1 Å². The molecular weight excluding hydrogens is 448 g/mol. The Balaban J connectivity index is 2.01. The summed E-state index contributed by atoms with van der Waals surface area (Å²) >= 11 is 7.55. The Hall–Kier alpha value is -3.16. The summed E-state index contributed by atoms with van der Waals surface area (Å²) in [4.78, 5) is 31.6. The van der Waals surface area contributed by atoms with Crippen molar-refractivity contribution < 1.29 is 14.3 Å². The van der Waals surface area contributed by atoms with Crippen molar-refractivity contribution in [2.45, 2.75) is 19.9 Å². The minimum Gasteiger partial charge on any atom is -0.496 e. The van der Waals surface area contributed by atoms with Crippen LogP contribution in [0.2, 0.25) is 5.02 Å². The van der Waals surface area contributed by atoms with Crippen LogP contribution in [0.5, 0.6) is 5.75 Å². The zero-order chi connectivity index (χ0) is 22.8. The molecule has 0 bridgehead atoms. The van der Waals surface area contributed by atoms with E-state index in [1.807, 2.05) is 36.4 Å². The van der Waals surface area contributed by atoms with Gasteiger partial charge < -0.3 is 9.47 Å².